The van der Waals surface area contributed by atoms with Crippen LogP contribution in [0.5, 0.6) is 0 Å². The predicted molar refractivity (Wildman–Crippen MR) is 147 cm³/mol. The van der Waals surface area contributed by atoms with Gasteiger partial charge in [0.1, 0.15) is 0 Å². The number of ether oxygens (including phenoxy) is 1. The fourth-order valence-corrected chi connectivity index (χ4v) is 5.00. The van der Waals surface area contributed by atoms with Gasteiger partial charge in [0.15, 0.2) is 17.0 Å². The maximum atomic E-state index is 12.0. The molecular formula is C25H35Cl2N7O2. The van der Waals surface area contributed by atoms with Crippen molar-refractivity contribution in [3.8, 4) is 0 Å². The summed E-state index contributed by atoms with van der Waals surface area (Å²) >= 11 is 0. The molecule has 3 aromatic rings. The molecule has 0 amide bonds. The molecule has 9 nitrogen and oxygen atoms in total. The van der Waals surface area contributed by atoms with Crippen LogP contribution in [0.2, 0.25) is 0 Å². The summed E-state index contributed by atoms with van der Waals surface area (Å²) in [7, 11) is 0. The predicted octanol–water partition coefficient (Wildman–Crippen LogP) is 5.39. The molecule has 2 aliphatic carbocycles. The number of halogens is 2. The highest BCUT2D eigenvalue weighted by Gasteiger charge is 2.24. The van der Waals surface area contributed by atoms with Crippen molar-refractivity contribution >= 4 is 59.4 Å². The molecule has 0 unspecified atom stereocenters. The van der Waals surface area contributed by atoms with Crippen molar-refractivity contribution in [2.75, 3.05) is 17.2 Å². The molecule has 0 radical (unpaired) electrons. The largest absolute Gasteiger partial charge is 0.462 e. The van der Waals surface area contributed by atoms with Crippen LogP contribution in [0.4, 0.5) is 17.5 Å². The summed E-state index contributed by atoms with van der Waals surface area (Å²) < 4.78 is 7.29. The second kappa shape index (κ2) is 12.6. The Morgan fingerprint density at radius 1 is 1.06 bits per heavy atom. The van der Waals surface area contributed by atoms with Gasteiger partial charge in [-0.2, -0.15) is 9.97 Å². The third-order valence-corrected chi connectivity index (χ3v) is 6.90. The molecule has 11 heteroatoms. The average Bonchev–Trinajstić information content (AvgIpc) is 3.51. The smallest absolute Gasteiger partial charge is 0.338 e. The number of esters is 1. The summed E-state index contributed by atoms with van der Waals surface area (Å²) in [6, 6.07) is 8.24. The van der Waals surface area contributed by atoms with E-state index in [0.717, 1.165) is 55.4 Å². The number of anilines is 3. The van der Waals surface area contributed by atoms with E-state index in [9.17, 15) is 4.79 Å². The zero-order chi connectivity index (χ0) is 23.5. The van der Waals surface area contributed by atoms with E-state index < -0.39 is 0 Å². The zero-order valence-electron chi connectivity index (χ0n) is 20.5. The first-order valence-corrected chi connectivity index (χ1v) is 12.4. The van der Waals surface area contributed by atoms with Crippen LogP contribution in [0.15, 0.2) is 30.6 Å². The van der Waals surface area contributed by atoms with Crippen molar-refractivity contribution in [1.29, 1.82) is 0 Å². The maximum absolute atomic E-state index is 12.0. The molecule has 0 spiro atoms. The molecule has 36 heavy (non-hydrogen) atoms. The average molecular weight is 537 g/mol. The molecule has 2 saturated carbocycles. The SMILES string of the molecule is CCOC(=O)c1ccc(Nc2nc(NC3CCC(N)CC3)nc3c2ncn3C2CCCC2)cc1.Cl.Cl. The van der Waals surface area contributed by atoms with Crippen molar-refractivity contribution in [2.24, 2.45) is 5.73 Å². The number of nitrogens with zero attached hydrogens (tertiary/aromatic N) is 4. The number of hydrogen-bond acceptors (Lipinski definition) is 8. The number of nitrogens with two attached hydrogens (primary N) is 1. The molecule has 2 heterocycles. The van der Waals surface area contributed by atoms with Gasteiger partial charge in [-0.3, -0.25) is 0 Å². The first-order chi connectivity index (χ1) is 16.6. The van der Waals surface area contributed by atoms with Crippen LogP contribution in [0.1, 0.15) is 74.7 Å². The van der Waals surface area contributed by atoms with Crippen LogP contribution in [-0.2, 0) is 4.74 Å². The number of aromatic nitrogens is 4. The molecule has 0 saturated heterocycles. The van der Waals surface area contributed by atoms with E-state index in [4.69, 9.17) is 20.4 Å². The van der Waals surface area contributed by atoms with Crippen molar-refractivity contribution < 1.29 is 9.53 Å². The number of carbonyl (C=O) groups excluding carboxylic acids is 1. The lowest BCUT2D eigenvalue weighted by Crippen LogP contribution is -2.33. The molecule has 2 aromatic heterocycles. The highest BCUT2D eigenvalue weighted by atomic mass is 35.5. The normalized spacial score (nSPS) is 19.8. The van der Waals surface area contributed by atoms with E-state index in [1.807, 2.05) is 18.5 Å². The van der Waals surface area contributed by atoms with Crippen LogP contribution in [0, 0.1) is 0 Å². The summed E-state index contributed by atoms with van der Waals surface area (Å²) in [6.45, 7) is 2.15. The first-order valence-electron chi connectivity index (χ1n) is 12.4. The number of fused-ring (bicyclic) bond motifs is 1. The minimum absolute atomic E-state index is 0. The van der Waals surface area contributed by atoms with E-state index in [1.54, 1.807) is 19.1 Å². The Kier molecular flexibility index (Phi) is 9.76. The van der Waals surface area contributed by atoms with Gasteiger partial charge >= 0.3 is 5.97 Å². The fourth-order valence-electron chi connectivity index (χ4n) is 5.00. The second-order valence-corrected chi connectivity index (χ2v) is 9.34. The molecule has 4 N–H and O–H groups in total. The third kappa shape index (κ3) is 6.19. The van der Waals surface area contributed by atoms with Crippen LogP contribution in [0.3, 0.4) is 0 Å². The first kappa shape index (κ1) is 28.0. The van der Waals surface area contributed by atoms with Gasteiger partial charge < -0.3 is 25.7 Å². The van der Waals surface area contributed by atoms with Gasteiger partial charge in [0, 0.05) is 23.8 Å². The minimum Gasteiger partial charge on any atom is -0.462 e. The Bertz CT molecular complexity index is 1140. The maximum Gasteiger partial charge on any atom is 0.338 e. The van der Waals surface area contributed by atoms with Gasteiger partial charge in [0.05, 0.1) is 18.5 Å². The molecule has 1 aromatic carbocycles. The van der Waals surface area contributed by atoms with Gasteiger partial charge in [-0.25, -0.2) is 9.78 Å². The Morgan fingerprint density at radius 2 is 1.75 bits per heavy atom. The van der Waals surface area contributed by atoms with Crippen LogP contribution >= 0.6 is 24.8 Å². The number of rotatable bonds is 7. The van der Waals surface area contributed by atoms with Gasteiger partial charge in [-0.05, 0) is 69.7 Å². The van der Waals surface area contributed by atoms with Crippen molar-refractivity contribution in [3.05, 3.63) is 36.2 Å². The molecule has 196 valence electrons. The number of nitrogens with one attached hydrogen (secondary N) is 2. The number of carbonyl (C=O) groups is 1. The second-order valence-electron chi connectivity index (χ2n) is 9.34. The molecule has 2 fully saturated rings. The Morgan fingerprint density at radius 3 is 2.42 bits per heavy atom. The van der Waals surface area contributed by atoms with Crippen molar-refractivity contribution in [1.82, 2.24) is 19.5 Å². The fraction of sp³-hybridized carbons (Fsp3) is 0.520. The highest BCUT2D eigenvalue weighted by molar-refractivity contribution is 5.90. The zero-order valence-corrected chi connectivity index (χ0v) is 22.1. The molecular weight excluding hydrogens is 501 g/mol. The van der Waals surface area contributed by atoms with E-state index in [-0.39, 0.29) is 30.8 Å². The van der Waals surface area contributed by atoms with Gasteiger partial charge in [0.2, 0.25) is 5.95 Å². The summed E-state index contributed by atoms with van der Waals surface area (Å²) in [5, 5.41) is 6.94. The van der Waals surface area contributed by atoms with Gasteiger partial charge in [-0.1, -0.05) is 12.8 Å². The lowest BCUT2D eigenvalue weighted by atomic mass is 9.92. The number of imidazole rings is 1. The van der Waals surface area contributed by atoms with Crippen LogP contribution < -0.4 is 16.4 Å². The molecule has 5 rings (SSSR count). The number of hydrogen-bond donors (Lipinski definition) is 3. The van der Waals surface area contributed by atoms with E-state index >= 15 is 0 Å². The molecule has 2 aliphatic rings. The standard InChI is InChI=1S/C25H33N7O2.2ClH/c1-2-34-24(33)16-7-11-18(12-8-16)28-22-21-23(32(15-27-21)20-5-3-4-6-20)31-25(30-22)29-19-13-9-17(26)10-14-19;;/h7-8,11-12,15,17,19-20H,2-6,9-10,13-14,26H2,1H3,(H2,28,29,30,31);2*1H. The summed E-state index contributed by atoms with van der Waals surface area (Å²) in [4.78, 5) is 26.4. The monoisotopic (exact) mass is 535 g/mol. The van der Waals surface area contributed by atoms with E-state index in [2.05, 4.69) is 20.2 Å². The molecule has 0 aliphatic heterocycles. The Balaban J connectivity index is 0.00000180. The number of benzene rings is 1. The molecule has 0 atom stereocenters. The van der Waals surface area contributed by atoms with Crippen molar-refractivity contribution in [3.63, 3.8) is 0 Å². The van der Waals surface area contributed by atoms with Crippen LogP contribution in [-0.4, -0.2) is 44.2 Å². The van der Waals surface area contributed by atoms with Crippen LogP contribution in [0.25, 0.3) is 11.2 Å². The van der Waals surface area contributed by atoms with Gasteiger partial charge in [-0.15, -0.1) is 24.8 Å². The summed E-state index contributed by atoms with van der Waals surface area (Å²) in [5.41, 5.74) is 9.02. The quantitative estimate of drug-likeness (QED) is 0.344. The summed E-state index contributed by atoms with van der Waals surface area (Å²) in [5.74, 6) is 0.937. The highest BCUT2D eigenvalue weighted by Crippen LogP contribution is 2.34. The summed E-state index contributed by atoms with van der Waals surface area (Å²) in [6.07, 6.45) is 10.7. The Labute approximate surface area is 223 Å². The molecule has 0 bridgehead atoms. The van der Waals surface area contributed by atoms with E-state index in [0.29, 0.717) is 42.1 Å². The van der Waals surface area contributed by atoms with Crippen molar-refractivity contribution in [2.45, 2.75) is 76.4 Å². The minimum atomic E-state index is -0.326. The third-order valence-electron chi connectivity index (χ3n) is 6.90. The van der Waals surface area contributed by atoms with Gasteiger partial charge in [0.25, 0.3) is 0 Å². The lowest BCUT2D eigenvalue weighted by molar-refractivity contribution is 0.0526. The Hall–Kier alpha value is -2.62. The topological polar surface area (TPSA) is 120 Å². The lowest BCUT2D eigenvalue weighted by Gasteiger charge is -2.27. The van der Waals surface area contributed by atoms with E-state index in [1.165, 1.54) is 12.8 Å².